The van der Waals surface area contributed by atoms with E-state index in [0.717, 1.165) is 44.3 Å². The average molecular weight is 418 g/mol. The van der Waals surface area contributed by atoms with Gasteiger partial charge in [0.15, 0.2) is 11.8 Å². The molecule has 0 atom stereocenters. The van der Waals surface area contributed by atoms with Gasteiger partial charge in [0.1, 0.15) is 18.7 Å². The Hall–Kier alpha value is -3.90. The van der Waals surface area contributed by atoms with Gasteiger partial charge in [-0.3, -0.25) is 0 Å². The van der Waals surface area contributed by atoms with E-state index in [4.69, 9.17) is 4.42 Å². The van der Waals surface area contributed by atoms with Crippen LogP contribution < -0.4 is 4.57 Å². The summed E-state index contributed by atoms with van der Waals surface area (Å²) < 4.78 is 8.50. The Morgan fingerprint density at radius 1 is 0.875 bits per heavy atom. The second-order valence-corrected chi connectivity index (χ2v) is 8.72. The van der Waals surface area contributed by atoms with E-state index in [2.05, 4.69) is 79.9 Å². The van der Waals surface area contributed by atoms with Gasteiger partial charge in [0.2, 0.25) is 5.69 Å². The number of nitriles is 1. The Morgan fingerprint density at radius 2 is 1.66 bits per heavy atom. The number of hydrogen-bond acceptors (Lipinski definition) is 2. The molecule has 0 aliphatic heterocycles. The number of rotatable bonds is 3. The summed E-state index contributed by atoms with van der Waals surface area (Å²) in [4.78, 5) is 0. The highest BCUT2D eigenvalue weighted by atomic mass is 16.3. The maximum absolute atomic E-state index is 9.92. The Bertz CT molecular complexity index is 1520. The third-order valence-electron chi connectivity index (χ3n) is 6.29. The standard InChI is InChI=1S/C29H25N2O/c1-18(2)20-9-11-21(12-10-20)22-15-23(17-30)28-25(16-22)24-13-8-19(3)27(29(24)32-28)26-7-5-6-14-31(26)4/h5-16,18H,1-4H3/q+1. The molecule has 32 heavy (non-hydrogen) atoms. The van der Waals surface area contributed by atoms with Gasteiger partial charge in [-0.1, -0.05) is 50.2 Å². The lowest BCUT2D eigenvalue weighted by molar-refractivity contribution is -0.660. The largest absolute Gasteiger partial charge is 0.454 e. The number of fused-ring (bicyclic) bond motifs is 3. The van der Waals surface area contributed by atoms with E-state index in [1.165, 1.54) is 5.56 Å². The van der Waals surface area contributed by atoms with E-state index in [0.29, 0.717) is 17.1 Å². The summed E-state index contributed by atoms with van der Waals surface area (Å²) in [6.07, 6.45) is 2.04. The Labute approximate surface area is 188 Å². The van der Waals surface area contributed by atoms with Gasteiger partial charge in [0, 0.05) is 22.9 Å². The van der Waals surface area contributed by atoms with Crippen molar-refractivity contribution < 1.29 is 8.98 Å². The number of furan rings is 1. The van der Waals surface area contributed by atoms with Crippen molar-refractivity contribution in [1.29, 1.82) is 5.26 Å². The highest BCUT2D eigenvalue weighted by Crippen LogP contribution is 2.40. The van der Waals surface area contributed by atoms with Gasteiger partial charge in [-0.15, -0.1) is 0 Å². The van der Waals surface area contributed by atoms with Crippen LogP contribution in [0.25, 0.3) is 44.3 Å². The normalized spacial score (nSPS) is 11.4. The molecular formula is C29H25N2O+. The molecule has 0 fully saturated rings. The molecule has 5 aromatic rings. The summed E-state index contributed by atoms with van der Waals surface area (Å²) >= 11 is 0. The molecule has 0 aliphatic rings. The van der Waals surface area contributed by atoms with Crippen molar-refractivity contribution in [3.8, 4) is 28.5 Å². The van der Waals surface area contributed by atoms with Crippen LogP contribution >= 0.6 is 0 Å². The molecule has 5 rings (SSSR count). The molecule has 2 aromatic heterocycles. The number of benzene rings is 3. The van der Waals surface area contributed by atoms with E-state index in [1.807, 2.05) is 31.4 Å². The molecule has 3 heteroatoms. The molecule has 0 aliphatic carbocycles. The lowest BCUT2D eigenvalue weighted by atomic mass is 9.95. The van der Waals surface area contributed by atoms with Crippen LogP contribution in [0.2, 0.25) is 0 Å². The molecule has 0 saturated heterocycles. The van der Waals surface area contributed by atoms with E-state index >= 15 is 0 Å². The van der Waals surface area contributed by atoms with E-state index in [1.54, 1.807) is 0 Å². The predicted molar refractivity (Wildman–Crippen MR) is 129 cm³/mol. The molecule has 0 unspecified atom stereocenters. The van der Waals surface area contributed by atoms with Crippen molar-refractivity contribution >= 4 is 21.9 Å². The summed E-state index contributed by atoms with van der Waals surface area (Å²) in [5.41, 5.74) is 8.75. The topological polar surface area (TPSA) is 40.8 Å². The van der Waals surface area contributed by atoms with Crippen LogP contribution in [-0.4, -0.2) is 0 Å². The molecule has 0 N–H and O–H groups in total. The molecule has 3 aromatic carbocycles. The van der Waals surface area contributed by atoms with Crippen molar-refractivity contribution in [2.24, 2.45) is 7.05 Å². The van der Waals surface area contributed by atoms with Crippen molar-refractivity contribution in [3.63, 3.8) is 0 Å². The molecule has 0 bridgehead atoms. The molecule has 2 heterocycles. The first-order valence-corrected chi connectivity index (χ1v) is 10.9. The third kappa shape index (κ3) is 3.16. The van der Waals surface area contributed by atoms with Crippen molar-refractivity contribution in [3.05, 3.63) is 89.6 Å². The minimum absolute atomic E-state index is 0.486. The molecule has 0 saturated carbocycles. The first-order valence-electron chi connectivity index (χ1n) is 10.9. The van der Waals surface area contributed by atoms with Gasteiger partial charge >= 0.3 is 0 Å². The van der Waals surface area contributed by atoms with Crippen molar-refractivity contribution in [2.45, 2.75) is 26.7 Å². The fourth-order valence-electron chi connectivity index (χ4n) is 4.45. The van der Waals surface area contributed by atoms with Gasteiger partial charge in [-0.25, -0.2) is 4.57 Å². The average Bonchev–Trinajstić information content (AvgIpc) is 3.17. The predicted octanol–water partition coefficient (Wildman–Crippen LogP) is 7.05. The lowest BCUT2D eigenvalue weighted by Gasteiger charge is -2.08. The SMILES string of the molecule is Cc1ccc2c(oc3c(C#N)cc(-c4ccc(C(C)C)cc4)cc32)c1-c1cccc[n+]1C. The Balaban J connectivity index is 1.79. The van der Waals surface area contributed by atoms with Crippen LogP contribution in [0.5, 0.6) is 0 Å². The van der Waals surface area contributed by atoms with Crippen LogP contribution in [0.3, 0.4) is 0 Å². The minimum atomic E-state index is 0.486. The zero-order valence-corrected chi connectivity index (χ0v) is 18.8. The highest BCUT2D eigenvalue weighted by Gasteiger charge is 2.21. The van der Waals surface area contributed by atoms with Crippen molar-refractivity contribution in [1.82, 2.24) is 0 Å². The lowest BCUT2D eigenvalue weighted by Crippen LogP contribution is -2.30. The van der Waals surface area contributed by atoms with Gasteiger partial charge in [0.25, 0.3) is 0 Å². The number of aryl methyl sites for hydroxylation is 2. The Morgan fingerprint density at radius 3 is 2.34 bits per heavy atom. The number of hydrogen-bond donors (Lipinski definition) is 0. The summed E-state index contributed by atoms with van der Waals surface area (Å²) in [6.45, 7) is 6.49. The summed E-state index contributed by atoms with van der Waals surface area (Å²) in [5.74, 6) is 0.486. The first kappa shape index (κ1) is 20.0. The van der Waals surface area contributed by atoms with Crippen LogP contribution in [-0.2, 0) is 7.05 Å². The zero-order chi connectivity index (χ0) is 22.4. The summed E-state index contributed by atoms with van der Waals surface area (Å²) in [7, 11) is 2.04. The van der Waals surface area contributed by atoms with Gasteiger partial charge in [-0.05, 0) is 53.3 Å². The number of nitrogens with zero attached hydrogens (tertiary/aromatic N) is 2. The van der Waals surface area contributed by atoms with E-state index < -0.39 is 0 Å². The summed E-state index contributed by atoms with van der Waals surface area (Å²) in [5, 5.41) is 11.9. The molecule has 3 nitrogen and oxygen atoms in total. The second-order valence-electron chi connectivity index (χ2n) is 8.72. The van der Waals surface area contributed by atoms with Gasteiger partial charge < -0.3 is 4.42 Å². The second kappa shape index (κ2) is 7.66. The molecule has 0 radical (unpaired) electrons. The molecule has 0 amide bonds. The molecule has 156 valence electrons. The van der Waals surface area contributed by atoms with Crippen molar-refractivity contribution in [2.75, 3.05) is 0 Å². The fraction of sp³-hybridized carbons (Fsp3) is 0.172. The van der Waals surface area contributed by atoms with E-state index in [-0.39, 0.29) is 0 Å². The maximum atomic E-state index is 9.92. The molecular weight excluding hydrogens is 392 g/mol. The van der Waals surface area contributed by atoms with Crippen LogP contribution in [0.1, 0.15) is 36.5 Å². The Kier molecular flexibility index (Phi) is 4.79. The number of aromatic nitrogens is 1. The minimum Gasteiger partial charge on any atom is -0.454 e. The zero-order valence-electron chi connectivity index (χ0n) is 18.8. The quantitative estimate of drug-likeness (QED) is 0.295. The van der Waals surface area contributed by atoms with E-state index in [9.17, 15) is 5.26 Å². The van der Waals surface area contributed by atoms with Crippen LogP contribution in [0.15, 0.2) is 77.3 Å². The molecule has 0 spiro atoms. The van der Waals surface area contributed by atoms with Gasteiger partial charge in [-0.2, -0.15) is 5.26 Å². The third-order valence-corrected chi connectivity index (χ3v) is 6.29. The first-order chi connectivity index (χ1) is 15.5. The van der Waals surface area contributed by atoms with Gasteiger partial charge in [0.05, 0.1) is 11.1 Å². The smallest absolute Gasteiger partial charge is 0.216 e. The highest BCUT2D eigenvalue weighted by molar-refractivity contribution is 6.12. The van der Waals surface area contributed by atoms with Crippen LogP contribution in [0, 0.1) is 18.3 Å². The monoisotopic (exact) mass is 417 g/mol. The van der Waals surface area contributed by atoms with Crippen LogP contribution in [0.4, 0.5) is 0 Å². The summed E-state index contributed by atoms with van der Waals surface area (Å²) in [6, 6.07) is 25.4. The maximum Gasteiger partial charge on any atom is 0.216 e. The fourth-order valence-corrected chi connectivity index (χ4v) is 4.45. The number of pyridine rings is 1.